The van der Waals surface area contributed by atoms with Gasteiger partial charge in [-0.2, -0.15) is 0 Å². The van der Waals surface area contributed by atoms with Gasteiger partial charge < -0.3 is 24.1 Å². The zero-order valence-corrected chi connectivity index (χ0v) is 15.8. The van der Waals surface area contributed by atoms with E-state index in [4.69, 9.17) is 14.6 Å². The average Bonchev–Trinajstić information content (AvgIpc) is 3.46. The summed E-state index contributed by atoms with van der Waals surface area (Å²) >= 11 is 0. The van der Waals surface area contributed by atoms with Gasteiger partial charge in [0.25, 0.3) is 0 Å². The van der Waals surface area contributed by atoms with E-state index >= 15 is 0 Å². The summed E-state index contributed by atoms with van der Waals surface area (Å²) in [6.07, 6.45) is 3.27. The number of rotatable bonds is 1. The Kier molecular flexibility index (Phi) is 2.83. The highest BCUT2D eigenvalue weighted by Gasteiger charge is 2.19. The van der Waals surface area contributed by atoms with Crippen LogP contribution < -0.4 is 10.3 Å². The molecule has 0 aliphatic heterocycles. The Morgan fingerprint density at radius 1 is 0.667 bits per heavy atom. The van der Waals surface area contributed by atoms with Gasteiger partial charge in [-0.15, -0.1) is 0 Å². The molecule has 142 valence electrons. The molecule has 0 aliphatic carbocycles. The predicted octanol–water partition coefficient (Wildman–Crippen LogP) is 5.63. The number of aromatic nitrogens is 2. The number of hydrogen-bond acceptors (Lipinski definition) is 3. The molecule has 5 heteroatoms. The number of nitrogens with one attached hydrogen (secondary N) is 1. The number of nitrogen functional groups attached to an aromatic ring is 1. The van der Waals surface area contributed by atoms with Crippen LogP contribution in [0.1, 0.15) is 0 Å². The predicted molar refractivity (Wildman–Crippen MR) is 118 cm³/mol. The molecule has 0 unspecified atom stereocenters. The van der Waals surface area contributed by atoms with E-state index < -0.39 is 0 Å². The SMILES string of the molecule is Nc1cccc2oc3ccc4oc5ccc6c([nH][c-][n+]6-c6ccccc6)c5c4c3c12. The van der Waals surface area contributed by atoms with Crippen molar-refractivity contribution in [3.8, 4) is 5.69 Å². The summed E-state index contributed by atoms with van der Waals surface area (Å²) < 4.78 is 14.3. The van der Waals surface area contributed by atoms with Gasteiger partial charge in [0.15, 0.2) is 0 Å². The zero-order chi connectivity index (χ0) is 19.8. The van der Waals surface area contributed by atoms with Gasteiger partial charge in [-0.25, -0.2) is 0 Å². The largest absolute Gasteiger partial charge is 0.457 e. The third-order valence-electron chi connectivity index (χ3n) is 5.82. The first-order valence-corrected chi connectivity index (χ1v) is 9.75. The van der Waals surface area contributed by atoms with Gasteiger partial charge in [0, 0.05) is 21.8 Å². The molecule has 0 spiro atoms. The molecule has 0 saturated heterocycles. The molecule has 0 aliphatic rings. The number of hydrogen-bond donors (Lipinski definition) is 2. The van der Waals surface area contributed by atoms with Crippen molar-refractivity contribution in [1.82, 2.24) is 4.98 Å². The van der Waals surface area contributed by atoms with Gasteiger partial charge in [-0.05, 0) is 30.3 Å². The fourth-order valence-electron chi connectivity index (χ4n) is 4.54. The maximum Gasteiger partial charge on any atom is 0.242 e. The summed E-state index contributed by atoms with van der Waals surface area (Å²) in [4.78, 5) is 3.34. The Morgan fingerprint density at radius 2 is 1.33 bits per heavy atom. The van der Waals surface area contributed by atoms with E-state index in [-0.39, 0.29) is 0 Å². The first kappa shape index (κ1) is 15.6. The van der Waals surface area contributed by atoms with Crippen LogP contribution in [-0.4, -0.2) is 4.98 Å². The highest BCUT2D eigenvalue weighted by molar-refractivity contribution is 6.31. The average molecular weight is 389 g/mol. The Hall–Kier alpha value is -4.25. The third-order valence-corrected chi connectivity index (χ3v) is 5.82. The summed E-state index contributed by atoms with van der Waals surface area (Å²) in [5.41, 5.74) is 13.3. The van der Waals surface area contributed by atoms with Gasteiger partial charge in [-0.3, -0.25) is 0 Å². The smallest absolute Gasteiger partial charge is 0.242 e. The quantitative estimate of drug-likeness (QED) is 0.217. The molecule has 5 nitrogen and oxygen atoms in total. The number of aromatic amines is 1. The molecule has 3 N–H and O–H groups in total. The number of nitrogens with two attached hydrogens (primary N) is 1. The molecular formula is C25H15N3O2. The van der Waals surface area contributed by atoms with Crippen LogP contribution in [0.5, 0.6) is 0 Å². The Labute approximate surface area is 169 Å². The van der Waals surface area contributed by atoms with Crippen molar-refractivity contribution in [3.63, 3.8) is 0 Å². The third kappa shape index (κ3) is 1.89. The van der Waals surface area contributed by atoms with Gasteiger partial charge in [-0.1, -0.05) is 42.5 Å². The summed E-state index contributed by atoms with van der Waals surface area (Å²) in [5.74, 6) is 0. The van der Waals surface area contributed by atoms with E-state index in [1.54, 1.807) is 0 Å². The minimum absolute atomic E-state index is 0.692. The summed E-state index contributed by atoms with van der Waals surface area (Å²) in [6, 6.07) is 23.9. The maximum absolute atomic E-state index is 6.35. The van der Waals surface area contributed by atoms with Crippen molar-refractivity contribution in [2.24, 2.45) is 0 Å². The van der Waals surface area contributed by atoms with Crippen LogP contribution in [0.25, 0.3) is 60.6 Å². The molecular weight excluding hydrogens is 374 g/mol. The van der Waals surface area contributed by atoms with Crippen LogP contribution in [0.4, 0.5) is 5.69 Å². The van der Waals surface area contributed by atoms with Crippen LogP contribution in [0.3, 0.4) is 0 Å². The molecule has 7 rings (SSSR count). The monoisotopic (exact) mass is 389 g/mol. The fourth-order valence-corrected chi connectivity index (χ4v) is 4.54. The standard InChI is InChI=1S/C25H15N3O2/c26-15-7-4-8-17-21(15)22-18(29-17)11-12-19-23(22)24-20(30-19)10-9-16-25(24)27-13-28(16)14-5-2-1-3-6-14/h1-12,27H,26H2. The van der Waals surface area contributed by atoms with Gasteiger partial charge in [0.1, 0.15) is 22.3 Å². The molecule has 3 aromatic heterocycles. The lowest BCUT2D eigenvalue weighted by atomic mass is 10.0. The topological polar surface area (TPSA) is 72.0 Å². The van der Waals surface area contributed by atoms with Crippen molar-refractivity contribution in [2.75, 3.05) is 5.73 Å². The van der Waals surface area contributed by atoms with Crippen LogP contribution in [0.2, 0.25) is 0 Å². The lowest BCUT2D eigenvalue weighted by Crippen LogP contribution is -2.28. The number of nitrogens with zero attached hydrogens (tertiary/aromatic N) is 1. The number of H-pyrrole nitrogens is 1. The fraction of sp³-hybridized carbons (Fsp3) is 0. The molecule has 0 saturated carbocycles. The normalized spacial score (nSPS) is 12.1. The summed E-state index contributed by atoms with van der Waals surface area (Å²) in [6.45, 7) is 0. The number of fused-ring (bicyclic) bond motifs is 9. The highest BCUT2D eigenvalue weighted by Crippen LogP contribution is 2.43. The summed E-state index contributed by atoms with van der Waals surface area (Å²) in [5, 5.41) is 3.90. The highest BCUT2D eigenvalue weighted by atomic mass is 16.3. The van der Waals surface area contributed by atoms with Crippen molar-refractivity contribution >= 4 is 60.6 Å². The van der Waals surface area contributed by atoms with Crippen LogP contribution in [0, 0.1) is 6.33 Å². The number of para-hydroxylation sites is 1. The van der Waals surface area contributed by atoms with Crippen molar-refractivity contribution < 1.29 is 13.4 Å². The minimum Gasteiger partial charge on any atom is -0.457 e. The lowest BCUT2D eigenvalue weighted by Gasteiger charge is -2.04. The molecule has 30 heavy (non-hydrogen) atoms. The molecule has 4 aromatic carbocycles. The molecule has 0 fully saturated rings. The molecule has 0 bridgehead atoms. The van der Waals surface area contributed by atoms with Gasteiger partial charge in [0.05, 0.1) is 22.1 Å². The number of benzene rings is 4. The van der Waals surface area contributed by atoms with Gasteiger partial charge >= 0.3 is 0 Å². The summed E-state index contributed by atoms with van der Waals surface area (Å²) in [7, 11) is 0. The van der Waals surface area contributed by atoms with E-state index in [0.717, 1.165) is 60.6 Å². The van der Waals surface area contributed by atoms with E-state index in [0.29, 0.717) is 5.69 Å². The second kappa shape index (κ2) is 5.42. The lowest BCUT2D eigenvalue weighted by molar-refractivity contribution is -0.571. The number of anilines is 1. The maximum atomic E-state index is 6.35. The van der Waals surface area contributed by atoms with E-state index in [2.05, 4.69) is 29.5 Å². The van der Waals surface area contributed by atoms with Crippen LogP contribution in [0.15, 0.2) is 81.6 Å². The van der Waals surface area contributed by atoms with Crippen LogP contribution >= 0.6 is 0 Å². The first-order valence-electron chi connectivity index (χ1n) is 9.75. The first-order chi connectivity index (χ1) is 14.8. The van der Waals surface area contributed by atoms with Crippen LogP contribution in [-0.2, 0) is 0 Å². The second-order valence-corrected chi connectivity index (χ2v) is 7.48. The van der Waals surface area contributed by atoms with Crippen molar-refractivity contribution in [1.29, 1.82) is 0 Å². The van der Waals surface area contributed by atoms with E-state index in [1.807, 2.05) is 59.2 Å². The van der Waals surface area contributed by atoms with Gasteiger partial charge in [0.2, 0.25) is 6.33 Å². The minimum atomic E-state index is 0.692. The van der Waals surface area contributed by atoms with E-state index in [1.165, 1.54) is 0 Å². The zero-order valence-electron chi connectivity index (χ0n) is 15.8. The second-order valence-electron chi connectivity index (χ2n) is 7.48. The Morgan fingerprint density at radius 3 is 2.13 bits per heavy atom. The number of imidazole rings is 1. The Bertz CT molecular complexity index is 1750. The van der Waals surface area contributed by atoms with Crippen molar-refractivity contribution in [2.45, 2.75) is 0 Å². The molecule has 3 heterocycles. The molecule has 0 radical (unpaired) electrons. The molecule has 7 aromatic rings. The number of furan rings is 2. The molecule has 0 atom stereocenters. The molecule has 0 amide bonds. The Balaban J connectivity index is 1.71. The van der Waals surface area contributed by atoms with E-state index in [9.17, 15) is 0 Å². The van der Waals surface area contributed by atoms with Crippen molar-refractivity contribution in [3.05, 3.63) is 79.1 Å².